The normalized spacial score (nSPS) is 11.2. The van der Waals surface area contributed by atoms with Crippen molar-refractivity contribution in [2.24, 2.45) is 5.10 Å². The van der Waals surface area contributed by atoms with Gasteiger partial charge in [-0.05, 0) is 60.7 Å². The summed E-state index contributed by atoms with van der Waals surface area (Å²) >= 11 is 0. The van der Waals surface area contributed by atoms with Gasteiger partial charge in [-0.25, -0.2) is 5.43 Å². The van der Waals surface area contributed by atoms with Crippen LogP contribution in [0.3, 0.4) is 0 Å². The van der Waals surface area contributed by atoms with E-state index in [-0.39, 0.29) is 12.5 Å². The van der Waals surface area contributed by atoms with Gasteiger partial charge in [0.1, 0.15) is 5.75 Å². The van der Waals surface area contributed by atoms with Gasteiger partial charge < -0.3 is 4.74 Å². The van der Waals surface area contributed by atoms with E-state index in [1.807, 2.05) is 63.2 Å². The number of ether oxygens (including phenoxy) is 1. The van der Waals surface area contributed by atoms with E-state index >= 15 is 0 Å². The summed E-state index contributed by atoms with van der Waals surface area (Å²) in [6.45, 7) is 5.78. The second-order valence-electron chi connectivity index (χ2n) is 6.79. The molecule has 142 valence electrons. The van der Waals surface area contributed by atoms with Gasteiger partial charge in [0.25, 0.3) is 5.91 Å². The fourth-order valence-electron chi connectivity index (χ4n) is 2.94. The van der Waals surface area contributed by atoms with Gasteiger partial charge in [0, 0.05) is 0 Å². The number of hydrazone groups is 1. The van der Waals surface area contributed by atoms with Gasteiger partial charge in [-0.2, -0.15) is 5.10 Å². The number of rotatable bonds is 6. The van der Waals surface area contributed by atoms with Crippen molar-refractivity contribution in [3.8, 4) is 16.9 Å². The molecule has 0 spiro atoms. The Morgan fingerprint density at radius 1 is 0.893 bits per heavy atom. The molecule has 0 saturated heterocycles. The maximum absolute atomic E-state index is 12.0. The van der Waals surface area contributed by atoms with Gasteiger partial charge in [-0.1, -0.05) is 60.7 Å². The van der Waals surface area contributed by atoms with Crippen molar-refractivity contribution in [3.63, 3.8) is 0 Å². The molecule has 0 aliphatic heterocycles. The van der Waals surface area contributed by atoms with Crippen LogP contribution in [-0.4, -0.2) is 18.2 Å². The predicted octanol–water partition coefficient (Wildman–Crippen LogP) is 4.89. The summed E-state index contributed by atoms with van der Waals surface area (Å²) in [5.41, 5.74) is 8.75. The van der Waals surface area contributed by atoms with E-state index in [2.05, 4.69) is 40.9 Å². The monoisotopic (exact) mass is 372 g/mol. The van der Waals surface area contributed by atoms with Crippen LogP contribution in [0, 0.1) is 13.8 Å². The number of carbonyl (C=O) groups is 1. The minimum absolute atomic E-state index is 0.0768. The zero-order valence-corrected chi connectivity index (χ0v) is 16.4. The SMILES string of the molecule is C/C(=N\NC(=O)COc1cc(C)cc(C)c1)c1ccc(-c2ccccc2)cc1. The highest BCUT2D eigenvalue weighted by molar-refractivity contribution is 5.99. The maximum Gasteiger partial charge on any atom is 0.277 e. The third-order valence-electron chi connectivity index (χ3n) is 4.32. The molecule has 0 saturated carbocycles. The Hall–Kier alpha value is -3.40. The highest BCUT2D eigenvalue weighted by Crippen LogP contribution is 2.19. The zero-order chi connectivity index (χ0) is 19.9. The molecule has 4 heteroatoms. The molecule has 0 radical (unpaired) electrons. The topological polar surface area (TPSA) is 50.7 Å². The molecule has 0 fully saturated rings. The summed E-state index contributed by atoms with van der Waals surface area (Å²) in [6, 6.07) is 24.2. The first-order valence-corrected chi connectivity index (χ1v) is 9.21. The average molecular weight is 372 g/mol. The smallest absolute Gasteiger partial charge is 0.277 e. The molecular formula is C24H24N2O2. The van der Waals surface area contributed by atoms with E-state index in [9.17, 15) is 4.79 Å². The first kappa shape index (κ1) is 19.4. The lowest BCUT2D eigenvalue weighted by atomic mass is 10.0. The van der Waals surface area contributed by atoms with E-state index in [1.165, 1.54) is 5.56 Å². The van der Waals surface area contributed by atoms with E-state index < -0.39 is 0 Å². The van der Waals surface area contributed by atoms with Crippen molar-refractivity contribution < 1.29 is 9.53 Å². The summed E-state index contributed by atoms with van der Waals surface area (Å²) in [5.74, 6) is 0.393. The van der Waals surface area contributed by atoms with Gasteiger partial charge in [0.05, 0.1) is 5.71 Å². The largest absolute Gasteiger partial charge is 0.484 e. The number of nitrogens with one attached hydrogen (secondary N) is 1. The van der Waals surface area contributed by atoms with Crippen LogP contribution in [0.5, 0.6) is 5.75 Å². The first-order chi connectivity index (χ1) is 13.5. The van der Waals surface area contributed by atoms with Gasteiger partial charge in [0.15, 0.2) is 6.61 Å². The van der Waals surface area contributed by atoms with E-state index in [4.69, 9.17) is 4.74 Å². The molecule has 3 aromatic carbocycles. The Balaban J connectivity index is 1.56. The lowest BCUT2D eigenvalue weighted by Crippen LogP contribution is -2.25. The number of amides is 1. The van der Waals surface area contributed by atoms with Crippen molar-refractivity contribution >= 4 is 11.6 Å². The van der Waals surface area contributed by atoms with Crippen LogP contribution in [0.25, 0.3) is 11.1 Å². The summed E-state index contributed by atoms with van der Waals surface area (Å²) < 4.78 is 5.55. The van der Waals surface area contributed by atoms with E-state index in [0.29, 0.717) is 5.75 Å². The number of benzene rings is 3. The lowest BCUT2D eigenvalue weighted by molar-refractivity contribution is -0.123. The van der Waals surface area contributed by atoms with Crippen LogP contribution >= 0.6 is 0 Å². The molecule has 3 rings (SSSR count). The Morgan fingerprint density at radius 3 is 2.14 bits per heavy atom. The number of nitrogens with zero attached hydrogens (tertiary/aromatic N) is 1. The summed E-state index contributed by atoms with van der Waals surface area (Å²) in [5, 5.41) is 4.18. The van der Waals surface area contributed by atoms with E-state index in [0.717, 1.165) is 28.0 Å². The molecule has 0 aromatic heterocycles. The van der Waals surface area contributed by atoms with Crippen LogP contribution in [0.2, 0.25) is 0 Å². The zero-order valence-electron chi connectivity index (χ0n) is 16.4. The van der Waals surface area contributed by atoms with Crippen molar-refractivity contribution in [1.82, 2.24) is 5.43 Å². The minimum atomic E-state index is -0.292. The standard InChI is InChI=1S/C24H24N2O2/c1-17-13-18(2)15-23(14-17)28-16-24(27)26-25-19(3)20-9-11-22(12-10-20)21-7-5-4-6-8-21/h4-15H,16H2,1-3H3,(H,26,27)/b25-19+. The molecule has 28 heavy (non-hydrogen) atoms. The van der Waals surface area contributed by atoms with Crippen LogP contribution in [0.1, 0.15) is 23.6 Å². The third kappa shape index (κ3) is 5.30. The fourth-order valence-corrected chi connectivity index (χ4v) is 2.94. The molecule has 4 nitrogen and oxygen atoms in total. The summed E-state index contributed by atoms with van der Waals surface area (Å²) in [7, 11) is 0. The number of hydrogen-bond acceptors (Lipinski definition) is 3. The Bertz CT molecular complexity index is 957. The van der Waals surface area contributed by atoms with Crippen LogP contribution in [-0.2, 0) is 4.79 Å². The molecule has 0 aliphatic carbocycles. The average Bonchev–Trinajstić information content (AvgIpc) is 2.70. The van der Waals surface area contributed by atoms with Crippen molar-refractivity contribution in [2.75, 3.05) is 6.61 Å². The van der Waals surface area contributed by atoms with Crippen LogP contribution in [0.15, 0.2) is 77.9 Å². The summed E-state index contributed by atoms with van der Waals surface area (Å²) in [4.78, 5) is 12.0. The second kappa shape index (κ2) is 9.00. The lowest BCUT2D eigenvalue weighted by Gasteiger charge is -2.08. The highest BCUT2D eigenvalue weighted by Gasteiger charge is 2.05. The fraction of sp³-hybridized carbons (Fsp3) is 0.167. The minimum Gasteiger partial charge on any atom is -0.484 e. The molecule has 0 aliphatic rings. The molecule has 3 aromatic rings. The first-order valence-electron chi connectivity index (χ1n) is 9.21. The Kier molecular flexibility index (Phi) is 6.22. The second-order valence-corrected chi connectivity index (χ2v) is 6.79. The summed E-state index contributed by atoms with van der Waals surface area (Å²) in [6.07, 6.45) is 0. The maximum atomic E-state index is 12.0. The third-order valence-corrected chi connectivity index (χ3v) is 4.32. The van der Waals surface area contributed by atoms with Crippen LogP contribution < -0.4 is 10.2 Å². The number of hydrogen-bond donors (Lipinski definition) is 1. The predicted molar refractivity (Wildman–Crippen MR) is 114 cm³/mol. The van der Waals surface area contributed by atoms with Gasteiger partial charge >= 0.3 is 0 Å². The quantitative estimate of drug-likeness (QED) is 0.495. The number of aryl methyl sites for hydroxylation is 2. The highest BCUT2D eigenvalue weighted by atomic mass is 16.5. The Labute approximate surface area is 165 Å². The molecular weight excluding hydrogens is 348 g/mol. The van der Waals surface area contributed by atoms with Gasteiger partial charge in [-0.3, -0.25) is 4.79 Å². The van der Waals surface area contributed by atoms with Crippen molar-refractivity contribution in [3.05, 3.63) is 89.5 Å². The van der Waals surface area contributed by atoms with Crippen LogP contribution in [0.4, 0.5) is 0 Å². The number of carbonyl (C=O) groups excluding carboxylic acids is 1. The molecule has 1 N–H and O–H groups in total. The van der Waals surface area contributed by atoms with Gasteiger partial charge in [-0.15, -0.1) is 0 Å². The molecule has 0 atom stereocenters. The molecule has 0 unspecified atom stereocenters. The molecule has 0 bridgehead atoms. The Morgan fingerprint density at radius 2 is 1.50 bits per heavy atom. The van der Waals surface area contributed by atoms with Gasteiger partial charge in [0.2, 0.25) is 0 Å². The molecule has 1 amide bonds. The molecule has 0 heterocycles. The van der Waals surface area contributed by atoms with Crippen molar-refractivity contribution in [1.29, 1.82) is 0 Å². The van der Waals surface area contributed by atoms with Crippen molar-refractivity contribution in [2.45, 2.75) is 20.8 Å². The van der Waals surface area contributed by atoms with E-state index in [1.54, 1.807) is 0 Å².